The number of carbonyl (C=O) groups is 1. The van der Waals surface area contributed by atoms with E-state index in [9.17, 15) is 14.9 Å². The second-order valence-electron chi connectivity index (χ2n) is 8.31. The number of methoxy groups -OCH3 is 1. The van der Waals surface area contributed by atoms with Gasteiger partial charge < -0.3 is 20.6 Å². The van der Waals surface area contributed by atoms with Gasteiger partial charge in [-0.15, -0.1) is 10.2 Å². The summed E-state index contributed by atoms with van der Waals surface area (Å²) in [5, 5.41) is 21.9. The van der Waals surface area contributed by atoms with Gasteiger partial charge >= 0.3 is 0 Å². The molecule has 0 aliphatic carbocycles. The van der Waals surface area contributed by atoms with Gasteiger partial charge in [0.05, 0.1) is 23.5 Å². The lowest BCUT2D eigenvalue weighted by molar-refractivity contribution is -0.384. The van der Waals surface area contributed by atoms with Gasteiger partial charge in [-0.2, -0.15) is 0 Å². The fourth-order valence-electron chi connectivity index (χ4n) is 2.93. The maximum absolute atomic E-state index is 12.4. The van der Waals surface area contributed by atoms with Crippen molar-refractivity contribution in [2.45, 2.75) is 37.9 Å². The molecule has 0 bridgehead atoms. The van der Waals surface area contributed by atoms with Crippen LogP contribution >= 0.6 is 11.8 Å². The Kier molecular flexibility index (Phi) is 7.61. The monoisotopic (exact) mass is 486 g/mol. The Labute approximate surface area is 200 Å². The fraction of sp³-hybridized carbons (Fsp3) is 0.318. The van der Waals surface area contributed by atoms with E-state index in [2.05, 4.69) is 36.3 Å². The lowest BCUT2D eigenvalue weighted by Gasteiger charge is -2.19. The third kappa shape index (κ3) is 6.16. The second-order valence-corrected chi connectivity index (χ2v) is 9.25. The number of anilines is 1. The lowest BCUT2D eigenvalue weighted by atomic mass is 9.87. The summed E-state index contributed by atoms with van der Waals surface area (Å²) in [5.41, 5.74) is 1.28. The number of hydrogen-bond donors (Lipinski definition) is 2. The van der Waals surface area contributed by atoms with Gasteiger partial charge in [-0.1, -0.05) is 44.7 Å². The van der Waals surface area contributed by atoms with E-state index in [1.807, 2.05) is 24.3 Å². The number of non-ortho nitro benzene ring substituents is 1. The average Bonchev–Trinajstić information content (AvgIpc) is 3.15. The van der Waals surface area contributed by atoms with Crippen LogP contribution in [0, 0.1) is 10.1 Å². The number of benzene rings is 2. The van der Waals surface area contributed by atoms with Crippen molar-refractivity contribution in [2.75, 3.05) is 24.0 Å². The van der Waals surface area contributed by atoms with Crippen molar-refractivity contribution in [1.29, 1.82) is 0 Å². The van der Waals surface area contributed by atoms with Crippen molar-refractivity contribution in [3.05, 3.63) is 64.0 Å². The Morgan fingerprint density at radius 3 is 2.53 bits per heavy atom. The van der Waals surface area contributed by atoms with Crippen LogP contribution in [-0.2, 0) is 16.8 Å². The molecule has 0 saturated carbocycles. The van der Waals surface area contributed by atoms with Gasteiger partial charge in [0.2, 0.25) is 11.1 Å². The third-order valence-electron chi connectivity index (χ3n) is 4.82. The largest absolute Gasteiger partial charge is 0.495 e. The number of nitrogens with zero attached hydrogens (tertiary/aromatic N) is 4. The Bertz CT molecular complexity index is 1170. The molecule has 34 heavy (non-hydrogen) atoms. The van der Waals surface area contributed by atoms with Crippen molar-refractivity contribution in [1.82, 2.24) is 14.9 Å². The molecule has 12 heteroatoms. The highest BCUT2D eigenvalue weighted by molar-refractivity contribution is 7.99. The van der Waals surface area contributed by atoms with Crippen molar-refractivity contribution in [2.24, 2.45) is 0 Å². The van der Waals surface area contributed by atoms with Crippen LogP contribution in [0.25, 0.3) is 0 Å². The molecular formula is C22H26N6O5S. The molecule has 0 aliphatic heterocycles. The predicted octanol–water partition coefficient (Wildman–Crippen LogP) is 3.52. The Morgan fingerprint density at radius 1 is 1.21 bits per heavy atom. The van der Waals surface area contributed by atoms with E-state index in [1.54, 1.807) is 0 Å². The first-order valence-corrected chi connectivity index (χ1v) is 11.2. The number of nitrogen functional groups attached to an aromatic ring is 1. The summed E-state index contributed by atoms with van der Waals surface area (Å²) < 4.78 is 12.2. The lowest BCUT2D eigenvalue weighted by Crippen LogP contribution is -2.18. The molecular weight excluding hydrogens is 460 g/mol. The summed E-state index contributed by atoms with van der Waals surface area (Å²) in [6.07, 6.45) is 0. The zero-order valence-electron chi connectivity index (χ0n) is 19.3. The maximum Gasteiger partial charge on any atom is 0.271 e. The molecule has 3 N–H and O–H groups in total. The molecule has 0 aliphatic rings. The Morgan fingerprint density at radius 2 is 1.91 bits per heavy atom. The summed E-state index contributed by atoms with van der Waals surface area (Å²) in [6.45, 7) is 6.52. The minimum atomic E-state index is -0.552. The van der Waals surface area contributed by atoms with E-state index >= 15 is 0 Å². The second kappa shape index (κ2) is 10.4. The van der Waals surface area contributed by atoms with Gasteiger partial charge in [0.1, 0.15) is 18.1 Å². The molecule has 2 aromatic carbocycles. The summed E-state index contributed by atoms with van der Waals surface area (Å²) in [5.74, 6) is 6.97. The van der Waals surface area contributed by atoms with Gasteiger partial charge in [0.25, 0.3) is 5.69 Å². The number of carbonyl (C=O) groups excluding carboxylic acids is 1. The fourth-order valence-corrected chi connectivity index (χ4v) is 3.60. The molecule has 1 amide bonds. The highest BCUT2D eigenvalue weighted by Crippen LogP contribution is 2.29. The average molecular weight is 487 g/mol. The molecule has 0 saturated heterocycles. The van der Waals surface area contributed by atoms with Gasteiger partial charge in [0, 0.05) is 12.1 Å². The molecule has 0 spiro atoms. The first-order valence-electron chi connectivity index (χ1n) is 10.3. The number of ether oxygens (including phenoxy) is 2. The van der Waals surface area contributed by atoms with Crippen LogP contribution in [0.15, 0.2) is 47.6 Å². The third-order valence-corrected chi connectivity index (χ3v) is 5.77. The highest BCUT2D eigenvalue weighted by atomic mass is 32.2. The number of nitro groups is 1. The van der Waals surface area contributed by atoms with Gasteiger partial charge in [-0.05, 0) is 29.2 Å². The number of aromatic nitrogens is 3. The van der Waals surface area contributed by atoms with E-state index in [0.29, 0.717) is 22.5 Å². The molecule has 0 radical (unpaired) electrons. The zero-order chi connectivity index (χ0) is 24.9. The van der Waals surface area contributed by atoms with Gasteiger partial charge in [-0.25, -0.2) is 4.68 Å². The smallest absolute Gasteiger partial charge is 0.271 e. The zero-order valence-corrected chi connectivity index (χ0v) is 20.1. The van der Waals surface area contributed by atoms with Crippen LogP contribution in [0.5, 0.6) is 11.5 Å². The van der Waals surface area contributed by atoms with Gasteiger partial charge in [-0.3, -0.25) is 14.9 Å². The van der Waals surface area contributed by atoms with E-state index in [1.165, 1.54) is 35.5 Å². The highest BCUT2D eigenvalue weighted by Gasteiger charge is 2.17. The number of amides is 1. The molecule has 0 unspecified atom stereocenters. The Hall–Kier alpha value is -3.80. The first kappa shape index (κ1) is 24.8. The van der Waals surface area contributed by atoms with Crippen LogP contribution in [0.1, 0.15) is 32.2 Å². The van der Waals surface area contributed by atoms with Gasteiger partial charge in [0.15, 0.2) is 5.82 Å². The minimum absolute atomic E-state index is 0.0453. The molecule has 1 aromatic heterocycles. The number of nitro benzene ring substituents is 1. The molecule has 0 fully saturated rings. The topological polar surface area (TPSA) is 147 Å². The van der Waals surface area contributed by atoms with E-state index in [4.69, 9.17) is 15.3 Å². The summed E-state index contributed by atoms with van der Waals surface area (Å²) >= 11 is 1.07. The molecule has 11 nitrogen and oxygen atoms in total. The quantitative estimate of drug-likeness (QED) is 0.201. The van der Waals surface area contributed by atoms with E-state index < -0.39 is 10.8 Å². The molecule has 0 atom stereocenters. The van der Waals surface area contributed by atoms with E-state index in [-0.39, 0.29) is 29.1 Å². The SMILES string of the molecule is COc1ccc([N+](=O)[O-])cc1NC(=O)CSc1nnc(COc2ccc(C(C)(C)C)cc2)n1N. The maximum atomic E-state index is 12.4. The number of rotatable bonds is 9. The van der Waals surface area contributed by atoms with Crippen molar-refractivity contribution in [3.63, 3.8) is 0 Å². The summed E-state index contributed by atoms with van der Waals surface area (Å²) in [7, 11) is 1.41. The normalized spacial score (nSPS) is 11.2. The molecule has 3 aromatic rings. The number of nitrogens with two attached hydrogens (primary N) is 1. The summed E-state index contributed by atoms with van der Waals surface area (Å²) in [6, 6.07) is 11.7. The minimum Gasteiger partial charge on any atom is -0.495 e. The van der Waals surface area contributed by atoms with Crippen LogP contribution in [-0.4, -0.2) is 38.6 Å². The summed E-state index contributed by atoms with van der Waals surface area (Å²) in [4.78, 5) is 22.8. The van der Waals surface area contributed by atoms with Crippen LogP contribution in [0.4, 0.5) is 11.4 Å². The number of thioether (sulfide) groups is 1. The van der Waals surface area contributed by atoms with Crippen LogP contribution < -0.4 is 20.6 Å². The van der Waals surface area contributed by atoms with Crippen LogP contribution in [0.2, 0.25) is 0 Å². The molecule has 1 heterocycles. The van der Waals surface area contributed by atoms with Crippen molar-refractivity contribution in [3.8, 4) is 11.5 Å². The Balaban J connectivity index is 1.57. The standard InChI is InChI=1S/C22H26N6O5S/c1-22(2,3)14-5-8-16(9-6-14)33-12-19-25-26-21(27(19)23)34-13-20(29)24-17-11-15(28(30)31)7-10-18(17)32-4/h5-11H,12-13,23H2,1-4H3,(H,24,29). The first-order chi connectivity index (χ1) is 16.1. The number of nitrogens with one attached hydrogen (secondary N) is 1. The van der Waals surface area contributed by atoms with Crippen LogP contribution in [0.3, 0.4) is 0 Å². The number of hydrogen-bond acceptors (Lipinski definition) is 9. The van der Waals surface area contributed by atoms with E-state index in [0.717, 1.165) is 11.8 Å². The molecule has 3 rings (SSSR count). The van der Waals surface area contributed by atoms with Crippen molar-refractivity contribution >= 4 is 29.0 Å². The molecule has 180 valence electrons. The van der Waals surface area contributed by atoms with Crippen molar-refractivity contribution < 1.29 is 19.2 Å². The predicted molar refractivity (Wildman–Crippen MR) is 129 cm³/mol.